The molecule has 0 bridgehead atoms. The van der Waals surface area contributed by atoms with Crippen molar-refractivity contribution in [1.82, 2.24) is 14.6 Å². The standard InChI is InChI=1S/C14H12FN3S/c1-8-9(2)16-13-7-12(17-18(13)14(8)19)10-3-5-11(15)6-4-10/h3-7,17H,1-2H3. The Balaban J connectivity index is 2.25. The molecule has 0 saturated heterocycles. The lowest BCUT2D eigenvalue weighted by atomic mass is 10.1. The van der Waals surface area contributed by atoms with Gasteiger partial charge in [-0.25, -0.2) is 13.9 Å². The van der Waals surface area contributed by atoms with Gasteiger partial charge in [0.2, 0.25) is 0 Å². The number of aromatic amines is 1. The van der Waals surface area contributed by atoms with E-state index >= 15 is 0 Å². The molecule has 0 fully saturated rings. The number of halogens is 1. The summed E-state index contributed by atoms with van der Waals surface area (Å²) in [5, 5.41) is 3.20. The lowest BCUT2D eigenvalue weighted by Gasteiger charge is -2.01. The Morgan fingerprint density at radius 3 is 2.58 bits per heavy atom. The molecule has 0 spiro atoms. The fourth-order valence-corrected chi connectivity index (χ4v) is 2.28. The molecule has 0 atom stereocenters. The molecule has 0 saturated carbocycles. The molecule has 0 aliphatic carbocycles. The summed E-state index contributed by atoms with van der Waals surface area (Å²) in [6, 6.07) is 8.23. The average Bonchev–Trinajstić information content (AvgIpc) is 2.81. The topological polar surface area (TPSA) is 33.1 Å². The second-order valence-electron chi connectivity index (χ2n) is 4.50. The molecule has 0 aliphatic rings. The van der Waals surface area contributed by atoms with Crippen LogP contribution in [0.4, 0.5) is 4.39 Å². The van der Waals surface area contributed by atoms with E-state index in [0.29, 0.717) is 0 Å². The number of H-pyrrole nitrogens is 1. The van der Waals surface area contributed by atoms with Gasteiger partial charge in [0, 0.05) is 17.3 Å². The molecule has 0 radical (unpaired) electrons. The summed E-state index contributed by atoms with van der Waals surface area (Å²) in [7, 11) is 0. The summed E-state index contributed by atoms with van der Waals surface area (Å²) in [5.41, 5.74) is 4.45. The van der Waals surface area contributed by atoms with E-state index in [-0.39, 0.29) is 5.82 Å². The summed E-state index contributed by atoms with van der Waals surface area (Å²) in [4.78, 5) is 4.49. The third-order valence-electron chi connectivity index (χ3n) is 3.24. The van der Waals surface area contributed by atoms with E-state index < -0.39 is 0 Å². The summed E-state index contributed by atoms with van der Waals surface area (Å²) in [6.45, 7) is 3.89. The molecule has 3 nitrogen and oxygen atoms in total. The number of nitrogens with zero attached hydrogens (tertiary/aromatic N) is 2. The van der Waals surface area contributed by atoms with E-state index in [2.05, 4.69) is 10.1 Å². The largest absolute Gasteiger partial charge is 0.291 e. The lowest BCUT2D eigenvalue weighted by Crippen LogP contribution is -1.98. The third-order valence-corrected chi connectivity index (χ3v) is 3.73. The Hall–Kier alpha value is -2.01. The first-order chi connectivity index (χ1) is 9.06. The van der Waals surface area contributed by atoms with Gasteiger partial charge in [-0.05, 0) is 43.7 Å². The van der Waals surface area contributed by atoms with E-state index in [1.165, 1.54) is 12.1 Å². The minimum absolute atomic E-state index is 0.249. The highest BCUT2D eigenvalue weighted by molar-refractivity contribution is 7.71. The van der Waals surface area contributed by atoms with Crippen LogP contribution in [0.5, 0.6) is 0 Å². The van der Waals surface area contributed by atoms with Gasteiger partial charge < -0.3 is 0 Å². The van der Waals surface area contributed by atoms with Crippen LogP contribution >= 0.6 is 12.2 Å². The highest BCUT2D eigenvalue weighted by Crippen LogP contribution is 2.20. The predicted octanol–water partition coefficient (Wildman–Crippen LogP) is 3.81. The summed E-state index contributed by atoms with van der Waals surface area (Å²) in [5.74, 6) is -0.249. The van der Waals surface area contributed by atoms with Gasteiger partial charge in [-0.3, -0.25) is 5.10 Å². The van der Waals surface area contributed by atoms with Crippen LogP contribution in [0.1, 0.15) is 11.3 Å². The molecule has 0 amide bonds. The van der Waals surface area contributed by atoms with Crippen LogP contribution < -0.4 is 0 Å². The molecule has 96 valence electrons. The van der Waals surface area contributed by atoms with E-state index in [9.17, 15) is 4.39 Å². The number of hydrogen-bond acceptors (Lipinski definition) is 2. The van der Waals surface area contributed by atoms with Crippen molar-refractivity contribution < 1.29 is 4.39 Å². The highest BCUT2D eigenvalue weighted by Gasteiger charge is 2.07. The molecule has 3 rings (SSSR count). The number of rotatable bonds is 1. The first kappa shape index (κ1) is 12.0. The Morgan fingerprint density at radius 2 is 1.89 bits per heavy atom. The van der Waals surface area contributed by atoms with Crippen molar-refractivity contribution in [2.24, 2.45) is 0 Å². The molecule has 3 aromatic rings. The molecule has 2 heterocycles. The summed E-state index contributed by atoms with van der Waals surface area (Å²) in [6.07, 6.45) is 0. The van der Waals surface area contributed by atoms with Crippen molar-refractivity contribution in [3.63, 3.8) is 0 Å². The van der Waals surface area contributed by atoms with Crippen LogP contribution in [-0.2, 0) is 0 Å². The maximum Gasteiger partial charge on any atom is 0.155 e. The van der Waals surface area contributed by atoms with E-state index in [1.54, 1.807) is 16.6 Å². The van der Waals surface area contributed by atoms with Crippen molar-refractivity contribution in [2.75, 3.05) is 0 Å². The maximum atomic E-state index is 12.9. The molecule has 1 aromatic carbocycles. The van der Waals surface area contributed by atoms with Crippen LogP contribution in [0, 0.1) is 24.3 Å². The molecule has 0 aliphatic heterocycles. The highest BCUT2D eigenvalue weighted by atomic mass is 32.1. The molecule has 2 aromatic heterocycles. The Morgan fingerprint density at radius 1 is 1.21 bits per heavy atom. The van der Waals surface area contributed by atoms with Gasteiger partial charge in [-0.15, -0.1) is 0 Å². The fourth-order valence-electron chi connectivity index (χ4n) is 2.00. The zero-order valence-corrected chi connectivity index (χ0v) is 11.4. The number of fused-ring (bicyclic) bond motifs is 1. The predicted molar refractivity (Wildman–Crippen MR) is 75.2 cm³/mol. The molecule has 19 heavy (non-hydrogen) atoms. The molecule has 5 heteroatoms. The Bertz CT molecular complexity index is 815. The quantitative estimate of drug-likeness (QED) is 0.684. The minimum Gasteiger partial charge on any atom is -0.291 e. The minimum atomic E-state index is -0.249. The molecular formula is C14H12FN3S. The number of benzene rings is 1. The number of aromatic nitrogens is 3. The van der Waals surface area contributed by atoms with Crippen molar-refractivity contribution in [3.05, 3.63) is 52.0 Å². The van der Waals surface area contributed by atoms with Crippen LogP contribution in [-0.4, -0.2) is 14.6 Å². The van der Waals surface area contributed by atoms with Crippen molar-refractivity contribution in [1.29, 1.82) is 0 Å². The van der Waals surface area contributed by atoms with Gasteiger partial charge in [0.1, 0.15) is 10.5 Å². The van der Waals surface area contributed by atoms with Gasteiger partial charge in [0.05, 0.1) is 5.69 Å². The molecule has 0 unspecified atom stereocenters. The maximum absolute atomic E-state index is 12.9. The first-order valence-corrected chi connectivity index (χ1v) is 6.32. The van der Waals surface area contributed by atoms with Crippen LogP contribution in [0.25, 0.3) is 16.9 Å². The number of hydrogen-bond donors (Lipinski definition) is 1. The third kappa shape index (κ3) is 1.96. The summed E-state index contributed by atoms with van der Waals surface area (Å²) >= 11 is 5.40. The zero-order valence-electron chi connectivity index (χ0n) is 10.6. The van der Waals surface area contributed by atoms with E-state index in [1.807, 2.05) is 19.9 Å². The van der Waals surface area contributed by atoms with Crippen LogP contribution in [0.3, 0.4) is 0 Å². The van der Waals surface area contributed by atoms with Gasteiger partial charge >= 0.3 is 0 Å². The van der Waals surface area contributed by atoms with Crippen LogP contribution in [0.2, 0.25) is 0 Å². The Kier molecular flexibility index (Phi) is 2.71. The van der Waals surface area contributed by atoms with Gasteiger partial charge in [0.15, 0.2) is 5.65 Å². The van der Waals surface area contributed by atoms with Gasteiger partial charge in [-0.1, -0.05) is 12.2 Å². The van der Waals surface area contributed by atoms with Crippen molar-refractivity contribution in [2.45, 2.75) is 13.8 Å². The first-order valence-electron chi connectivity index (χ1n) is 5.91. The van der Waals surface area contributed by atoms with E-state index in [4.69, 9.17) is 12.2 Å². The normalized spacial score (nSPS) is 11.1. The van der Waals surface area contributed by atoms with Crippen molar-refractivity contribution >= 4 is 17.9 Å². The van der Waals surface area contributed by atoms with Crippen molar-refractivity contribution in [3.8, 4) is 11.3 Å². The SMILES string of the molecule is Cc1nc2cc(-c3ccc(F)cc3)[nH]n2c(=S)c1C. The Labute approximate surface area is 114 Å². The van der Waals surface area contributed by atoms with Gasteiger partial charge in [-0.2, -0.15) is 0 Å². The second-order valence-corrected chi connectivity index (χ2v) is 4.88. The van der Waals surface area contributed by atoms with E-state index in [0.717, 1.165) is 32.8 Å². The van der Waals surface area contributed by atoms with Gasteiger partial charge in [0.25, 0.3) is 0 Å². The average molecular weight is 273 g/mol. The number of aryl methyl sites for hydroxylation is 1. The fraction of sp³-hybridized carbons (Fsp3) is 0.143. The molecular weight excluding hydrogens is 261 g/mol. The number of nitrogens with one attached hydrogen (secondary N) is 1. The molecule has 1 N–H and O–H groups in total. The monoisotopic (exact) mass is 273 g/mol. The van der Waals surface area contributed by atoms with Crippen LogP contribution in [0.15, 0.2) is 30.3 Å². The zero-order chi connectivity index (χ0) is 13.6. The second kappa shape index (κ2) is 4.28. The summed E-state index contributed by atoms with van der Waals surface area (Å²) < 4.78 is 15.4. The lowest BCUT2D eigenvalue weighted by molar-refractivity contribution is 0.628. The smallest absolute Gasteiger partial charge is 0.155 e.